The summed E-state index contributed by atoms with van der Waals surface area (Å²) in [6.07, 6.45) is 1.95. The smallest absolute Gasteiger partial charge is 0.230 e. The number of carbonyl (C=O) groups is 1. The van der Waals surface area contributed by atoms with Crippen molar-refractivity contribution < 1.29 is 4.79 Å². The molecule has 2 aromatic carbocycles. The molecule has 7 heteroatoms. The maximum Gasteiger partial charge on any atom is 0.230 e. The number of thiazole rings is 1. The second-order valence-corrected chi connectivity index (χ2v) is 7.62. The molecule has 3 aromatic heterocycles. The predicted molar refractivity (Wildman–Crippen MR) is 119 cm³/mol. The van der Waals surface area contributed by atoms with E-state index < -0.39 is 0 Å². The zero-order chi connectivity index (χ0) is 20.3. The van der Waals surface area contributed by atoms with E-state index in [4.69, 9.17) is 0 Å². The maximum absolute atomic E-state index is 12.4. The van der Waals surface area contributed by atoms with Gasteiger partial charge in [-0.15, -0.1) is 11.3 Å². The molecule has 0 aliphatic rings. The second kappa shape index (κ2) is 7.88. The standard InChI is InChI=1S/C23H17N5OS/c29-21(13-17-14-30-23(26-17)20-7-3-4-12-24-20)25-16-10-8-15(9-11-16)22-27-18-5-1-2-6-19(18)28-22/h1-12,14H,13H2,(H,25,29)(H,27,28). The van der Waals surface area contributed by atoms with Crippen LogP contribution in [0.1, 0.15) is 5.69 Å². The molecule has 1 amide bonds. The normalized spacial score (nSPS) is 10.9. The average Bonchev–Trinajstić information content (AvgIpc) is 3.42. The van der Waals surface area contributed by atoms with E-state index in [0.29, 0.717) is 0 Å². The number of nitrogens with zero attached hydrogens (tertiary/aromatic N) is 3. The van der Waals surface area contributed by atoms with Crippen molar-refractivity contribution in [1.29, 1.82) is 0 Å². The van der Waals surface area contributed by atoms with Crippen molar-refractivity contribution >= 4 is 34.0 Å². The number of hydrogen-bond donors (Lipinski definition) is 2. The number of H-pyrrole nitrogens is 1. The summed E-state index contributed by atoms with van der Waals surface area (Å²) in [7, 11) is 0. The SMILES string of the molecule is O=C(Cc1csc(-c2ccccn2)n1)Nc1ccc(-c2nc3ccccc3[nH]2)cc1. The Labute approximate surface area is 176 Å². The Morgan fingerprint density at radius 3 is 2.60 bits per heavy atom. The van der Waals surface area contributed by atoms with Crippen LogP contribution in [-0.2, 0) is 11.2 Å². The zero-order valence-electron chi connectivity index (χ0n) is 15.9. The molecular formula is C23H17N5OS. The van der Waals surface area contributed by atoms with Crippen molar-refractivity contribution in [2.24, 2.45) is 0 Å². The maximum atomic E-state index is 12.4. The van der Waals surface area contributed by atoms with Crippen molar-refractivity contribution in [1.82, 2.24) is 19.9 Å². The van der Waals surface area contributed by atoms with Crippen LogP contribution in [-0.4, -0.2) is 25.8 Å². The van der Waals surface area contributed by atoms with Crippen LogP contribution in [0.25, 0.3) is 33.1 Å². The lowest BCUT2D eigenvalue weighted by Crippen LogP contribution is -2.14. The van der Waals surface area contributed by atoms with E-state index in [2.05, 4.69) is 25.3 Å². The Morgan fingerprint density at radius 2 is 1.80 bits per heavy atom. The minimum absolute atomic E-state index is 0.107. The summed E-state index contributed by atoms with van der Waals surface area (Å²) < 4.78 is 0. The first-order valence-corrected chi connectivity index (χ1v) is 10.3. The molecule has 0 bridgehead atoms. The number of aromatic amines is 1. The Kier molecular flexibility index (Phi) is 4.78. The summed E-state index contributed by atoms with van der Waals surface area (Å²) in [4.78, 5) is 29.1. The molecule has 0 aliphatic carbocycles. The number of benzene rings is 2. The van der Waals surface area contributed by atoms with E-state index in [1.165, 1.54) is 11.3 Å². The van der Waals surface area contributed by atoms with Crippen LogP contribution in [0.2, 0.25) is 0 Å². The van der Waals surface area contributed by atoms with Gasteiger partial charge in [0.2, 0.25) is 5.91 Å². The summed E-state index contributed by atoms with van der Waals surface area (Å²) in [6.45, 7) is 0. The molecule has 146 valence electrons. The van der Waals surface area contributed by atoms with Crippen molar-refractivity contribution in [2.75, 3.05) is 5.32 Å². The molecule has 3 heterocycles. The number of anilines is 1. The Hall–Kier alpha value is -3.84. The van der Waals surface area contributed by atoms with E-state index >= 15 is 0 Å². The molecule has 0 saturated carbocycles. The van der Waals surface area contributed by atoms with Gasteiger partial charge in [0.1, 0.15) is 10.8 Å². The first-order valence-electron chi connectivity index (χ1n) is 9.45. The van der Waals surface area contributed by atoms with Crippen molar-refractivity contribution in [3.8, 4) is 22.1 Å². The van der Waals surface area contributed by atoms with Gasteiger partial charge in [-0.25, -0.2) is 9.97 Å². The van der Waals surface area contributed by atoms with Gasteiger partial charge in [-0.05, 0) is 48.5 Å². The molecule has 5 rings (SSSR count). The van der Waals surface area contributed by atoms with Crippen molar-refractivity contribution in [3.05, 3.63) is 84.0 Å². The highest BCUT2D eigenvalue weighted by atomic mass is 32.1. The highest BCUT2D eigenvalue weighted by Crippen LogP contribution is 2.23. The Bertz CT molecular complexity index is 1280. The molecule has 0 spiro atoms. The van der Waals surface area contributed by atoms with Crippen LogP contribution in [0, 0.1) is 0 Å². The van der Waals surface area contributed by atoms with E-state index in [9.17, 15) is 4.79 Å². The van der Waals surface area contributed by atoms with E-state index in [1.807, 2.05) is 72.1 Å². The average molecular weight is 411 g/mol. The number of imidazole rings is 1. The molecule has 5 aromatic rings. The summed E-state index contributed by atoms with van der Waals surface area (Å²) in [5, 5.41) is 5.63. The fourth-order valence-electron chi connectivity index (χ4n) is 3.17. The molecule has 0 fully saturated rings. The minimum Gasteiger partial charge on any atom is -0.338 e. The van der Waals surface area contributed by atoms with Gasteiger partial charge < -0.3 is 10.3 Å². The molecule has 30 heavy (non-hydrogen) atoms. The van der Waals surface area contributed by atoms with Gasteiger partial charge in [-0.3, -0.25) is 9.78 Å². The third kappa shape index (κ3) is 3.83. The van der Waals surface area contributed by atoms with Crippen molar-refractivity contribution in [3.63, 3.8) is 0 Å². The van der Waals surface area contributed by atoms with E-state index in [0.717, 1.165) is 44.5 Å². The Balaban J connectivity index is 1.25. The summed E-state index contributed by atoms with van der Waals surface area (Å²) >= 11 is 1.49. The number of rotatable bonds is 5. The van der Waals surface area contributed by atoms with Gasteiger partial charge >= 0.3 is 0 Å². The van der Waals surface area contributed by atoms with E-state index in [-0.39, 0.29) is 12.3 Å². The molecule has 0 saturated heterocycles. The van der Waals surface area contributed by atoms with Gasteiger partial charge in [0.05, 0.1) is 28.8 Å². The largest absolute Gasteiger partial charge is 0.338 e. The van der Waals surface area contributed by atoms with Crippen LogP contribution >= 0.6 is 11.3 Å². The number of aromatic nitrogens is 4. The lowest BCUT2D eigenvalue weighted by Gasteiger charge is -2.05. The molecule has 0 atom stereocenters. The molecule has 6 nitrogen and oxygen atoms in total. The Morgan fingerprint density at radius 1 is 0.967 bits per heavy atom. The summed E-state index contributed by atoms with van der Waals surface area (Å²) in [5.41, 5.74) is 5.17. The number of pyridine rings is 1. The lowest BCUT2D eigenvalue weighted by atomic mass is 10.2. The van der Waals surface area contributed by atoms with Crippen LogP contribution in [0.5, 0.6) is 0 Å². The molecule has 0 radical (unpaired) electrons. The van der Waals surface area contributed by atoms with Crippen LogP contribution in [0.15, 0.2) is 78.3 Å². The fraction of sp³-hybridized carbons (Fsp3) is 0.0435. The number of fused-ring (bicyclic) bond motifs is 1. The monoisotopic (exact) mass is 411 g/mol. The number of nitrogens with one attached hydrogen (secondary N) is 2. The molecule has 0 unspecified atom stereocenters. The first-order chi connectivity index (χ1) is 14.7. The first kappa shape index (κ1) is 18.2. The van der Waals surface area contributed by atoms with Gasteiger partial charge in [-0.2, -0.15) is 0 Å². The highest BCUT2D eigenvalue weighted by molar-refractivity contribution is 7.13. The molecule has 2 N–H and O–H groups in total. The third-order valence-electron chi connectivity index (χ3n) is 4.61. The topological polar surface area (TPSA) is 83.6 Å². The third-order valence-corrected chi connectivity index (χ3v) is 5.52. The van der Waals surface area contributed by atoms with Crippen LogP contribution < -0.4 is 5.32 Å². The van der Waals surface area contributed by atoms with Gasteiger partial charge in [0, 0.05) is 22.8 Å². The zero-order valence-corrected chi connectivity index (χ0v) is 16.7. The minimum atomic E-state index is -0.107. The van der Waals surface area contributed by atoms with Crippen LogP contribution in [0.3, 0.4) is 0 Å². The van der Waals surface area contributed by atoms with Crippen molar-refractivity contribution in [2.45, 2.75) is 6.42 Å². The fourth-order valence-corrected chi connectivity index (χ4v) is 3.96. The van der Waals surface area contributed by atoms with Gasteiger partial charge in [0.25, 0.3) is 0 Å². The summed E-state index contributed by atoms with van der Waals surface area (Å²) in [6, 6.07) is 21.2. The van der Waals surface area contributed by atoms with Crippen LogP contribution in [0.4, 0.5) is 5.69 Å². The highest BCUT2D eigenvalue weighted by Gasteiger charge is 2.11. The number of carbonyl (C=O) groups excluding carboxylic acids is 1. The quantitative estimate of drug-likeness (QED) is 0.430. The number of hydrogen-bond acceptors (Lipinski definition) is 5. The second-order valence-electron chi connectivity index (χ2n) is 6.76. The van der Waals surface area contributed by atoms with E-state index in [1.54, 1.807) is 6.20 Å². The predicted octanol–water partition coefficient (Wildman–Crippen LogP) is 4.93. The van der Waals surface area contributed by atoms with Gasteiger partial charge in [-0.1, -0.05) is 18.2 Å². The number of amides is 1. The summed E-state index contributed by atoms with van der Waals surface area (Å²) in [5.74, 6) is 0.697. The molecule has 0 aliphatic heterocycles. The number of para-hydroxylation sites is 2. The lowest BCUT2D eigenvalue weighted by molar-refractivity contribution is -0.115. The van der Waals surface area contributed by atoms with Gasteiger partial charge in [0.15, 0.2) is 0 Å². The molecular weight excluding hydrogens is 394 g/mol.